The van der Waals surface area contributed by atoms with Crippen molar-refractivity contribution < 1.29 is 4.79 Å². The van der Waals surface area contributed by atoms with Crippen molar-refractivity contribution in [3.8, 4) is 0 Å². The zero-order chi connectivity index (χ0) is 14.7. The van der Waals surface area contributed by atoms with E-state index in [2.05, 4.69) is 15.2 Å². The smallest absolute Gasteiger partial charge is 0.257 e. The Hall–Kier alpha value is -1.62. The molecular weight excluding hydrogens is 264 g/mol. The molecule has 0 aromatic carbocycles. The highest BCUT2D eigenvalue weighted by atomic mass is 16.2. The number of aromatic nitrogens is 1. The molecule has 2 heterocycles. The van der Waals surface area contributed by atoms with Gasteiger partial charge in [-0.15, -0.1) is 0 Å². The van der Waals surface area contributed by atoms with E-state index >= 15 is 0 Å². The fraction of sp³-hybridized carbons (Fsp3) is 0.625. The van der Waals surface area contributed by atoms with Gasteiger partial charge >= 0.3 is 0 Å². The molecule has 1 aliphatic heterocycles. The van der Waals surface area contributed by atoms with Crippen molar-refractivity contribution in [2.24, 2.45) is 5.92 Å². The van der Waals surface area contributed by atoms with Crippen molar-refractivity contribution in [1.29, 1.82) is 0 Å². The van der Waals surface area contributed by atoms with Crippen molar-refractivity contribution in [3.63, 3.8) is 0 Å². The number of rotatable bonds is 5. The van der Waals surface area contributed by atoms with E-state index in [1.165, 1.54) is 19.4 Å². The maximum absolute atomic E-state index is 12.7. The van der Waals surface area contributed by atoms with Crippen LogP contribution in [0.15, 0.2) is 18.5 Å². The van der Waals surface area contributed by atoms with Crippen LogP contribution in [0.3, 0.4) is 0 Å². The highest BCUT2D eigenvalue weighted by Crippen LogP contribution is 2.30. The van der Waals surface area contributed by atoms with Crippen LogP contribution in [0.5, 0.6) is 0 Å². The minimum absolute atomic E-state index is 0.102. The first kappa shape index (κ1) is 14.3. The number of anilines is 1. The Bertz CT molecular complexity index is 493. The molecule has 1 aromatic rings. The summed E-state index contributed by atoms with van der Waals surface area (Å²) in [7, 11) is 0. The summed E-state index contributed by atoms with van der Waals surface area (Å²) in [6, 6.07) is 1.88. The van der Waals surface area contributed by atoms with Gasteiger partial charge in [-0.2, -0.15) is 0 Å². The number of nitrogens with zero attached hydrogens (tertiary/aromatic N) is 3. The molecule has 5 heteroatoms. The number of pyridine rings is 1. The zero-order valence-corrected chi connectivity index (χ0v) is 12.7. The number of nitrogens with one attached hydrogen (secondary N) is 1. The average Bonchev–Trinajstić information content (AvgIpc) is 3.32. The highest BCUT2D eigenvalue weighted by Gasteiger charge is 2.28. The monoisotopic (exact) mass is 288 g/mol. The largest absolute Gasteiger partial charge is 0.385 e. The maximum Gasteiger partial charge on any atom is 0.257 e. The van der Waals surface area contributed by atoms with E-state index in [9.17, 15) is 4.79 Å². The second-order valence-corrected chi connectivity index (χ2v) is 5.99. The Morgan fingerprint density at radius 1 is 1.33 bits per heavy atom. The van der Waals surface area contributed by atoms with Crippen LogP contribution in [0, 0.1) is 5.92 Å². The maximum atomic E-state index is 12.7. The number of carbonyl (C=O) groups is 1. The van der Waals surface area contributed by atoms with E-state index in [1.54, 1.807) is 12.4 Å². The fourth-order valence-electron chi connectivity index (χ4n) is 2.88. The molecule has 1 saturated heterocycles. The quantitative estimate of drug-likeness (QED) is 0.895. The third kappa shape index (κ3) is 3.53. The molecule has 0 spiro atoms. The second-order valence-electron chi connectivity index (χ2n) is 5.99. The summed E-state index contributed by atoms with van der Waals surface area (Å²) in [5, 5.41) is 3.24. The molecule has 2 fully saturated rings. The van der Waals surface area contributed by atoms with E-state index in [4.69, 9.17) is 0 Å². The zero-order valence-electron chi connectivity index (χ0n) is 12.7. The van der Waals surface area contributed by atoms with Crippen LogP contribution >= 0.6 is 0 Å². The van der Waals surface area contributed by atoms with Gasteiger partial charge in [-0.05, 0) is 31.7 Å². The van der Waals surface area contributed by atoms with E-state index in [-0.39, 0.29) is 5.91 Å². The lowest BCUT2D eigenvalue weighted by atomic mass is 10.2. The van der Waals surface area contributed by atoms with Crippen molar-refractivity contribution >= 4 is 11.6 Å². The van der Waals surface area contributed by atoms with Crippen LogP contribution in [-0.2, 0) is 0 Å². The lowest BCUT2D eigenvalue weighted by molar-refractivity contribution is 0.0632. The van der Waals surface area contributed by atoms with E-state index in [0.717, 1.165) is 44.3 Å². The molecule has 21 heavy (non-hydrogen) atoms. The standard InChI is InChI=1S/C16H24N4O/c1-2-18-15-5-6-17-11-14(15)16(21)20-9-7-19(8-10-20)12-13-3-4-13/h5-6,11,13H,2-4,7-10,12H2,1H3,(H,17,18). The van der Waals surface area contributed by atoms with Crippen LogP contribution in [0.25, 0.3) is 0 Å². The molecule has 1 N–H and O–H groups in total. The Balaban J connectivity index is 1.60. The summed E-state index contributed by atoms with van der Waals surface area (Å²) >= 11 is 0. The van der Waals surface area contributed by atoms with Crippen LogP contribution in [0.1, 0.15) is 30.1 Å². The normalized spacial score (nSPS) is 19.6. The van der Waals surface area contributed by atoms with Crippen LogP contribution < -0.4 is 5.32 Å². The van der Waals surface area contributed by atoms with Crippen LogP contribution in [0.4, 0.5) is 5.69 Å². The first-order chi connectivity index (χ1) is 10.3. The van der Waals surface area contributed by atoms with E-state index < -0.39 is 0 Å². The SMILES string of the molecule is CCNc1ccncc1C(=O)N1CCN(CC2CC2)CC1. The first-order valence-electron chi connectivity index (χ1n) is 7.97. The molecule has 3 rings (SSSR count). The highest BCUT2D eigenvalue weighted by molar-refractivity contribution is 5.99. The summed E-state index contributed by atoms with van der Waals surface area (Å²) in [4.78, 5) is 21.2. The van der Waals surface area contributed by atoms with Gasteiger partial charge in [0.1, 0.15) is 0 Å². The predicted octanol–water partition coefficient (Wildman–Crippen LogP) is 1.68. The Labute approximate surface area is 126 Å². The number of amides is 1. The minimum Gasteiger partial charge on any atom is -0.385 e. The number of carbonyl (C=O) groups excluding carboxylic acids is 1. The molecule has 0 radical (unpaired) electrons. The molecule has 2 aliphatic rings. The second kappa shape index (κ2) is 6.43. The number of piperazine rings is 1. The molecule has 0 bridgehead atoms. The molecule has 5 nitrogen and oxygen atoms in total. The third-order valence-corrected chi connectivity index (χ3v) is 4.29. The molecular formula is C16H24N4O. The van der Waals surface area contributed by atoms with Gasteiger partial charge in [0.15, 0.2) is 0 Å². The van der Waals surface area contributed by atoms with Crippen molar-refractivity contribution in [1.82, 2.24) is 14.8 Å². The lowest BCUT2D eigenvalue weighted by Gasteiger charge is -2.35. The summed E-state index contributed by atoms with van der Waals surface area (Å²) in [5.41, 5.74) is 1.58. The average molecular weight is 288 g/mol. The summed E-state index contributed by atoms with van der Waals surface area (Å²) in [6.45, 7) is 7.71. The first-order valence-corrected chi connectivity index (χ1v) is 7.97. The van der Waals surface area contributed by atoms with Crippen molar-refractivity contribution in [2.75, 3.05) is 44.6 Å². The summed E-state index contributed by atoms with van der Waals surface area (Å²) < 4.78 is 0. The Morgan fingerprint density at radius 2 is 2.10 bits per heavy atom. The Kier molecular flexibility index (Phi) is 4.39. The fourth-order valence-corrected chi connectivity index (χ4v) is 2.88. The molecule has 1 amide bonds. The summed E-state index contributed by atoms with van der Waals surface area (Å²) in [6.07, 6.45) is 6.18. The van der Waals surface area contributed by atoms with Crippen molar-refractivity contribution in [2.45, 2.75) is 19.8 Å². The van der Waals surface area contributed by atoms with Gasteiger partial charge in [0, 0.05) is 51.7 Å². The van der Waals surface area contributed by atoms with E-state index in [1.807, 2.05) is 17.9 Å². The van der Waals surface area contributed by atoms with Gasteiger partial charge in [0.25, 0.3) is 5.91 Å². The van der Waals surface area contributed by atoms with Crippen LogP contribution in [-0.4, -0.2) is 60.0 Å². The van der Waals surface area contributed by atoms with Gasteiger partial charge in [0.2, 0.25) is 0 Å². The molecule has 1 saturated carbocycles. The predicted molar refractivity (Wildman–Crippen MR) is 83.5 cm³/mol. The summed E-state index contributed by atoms with van der Waals surface area (Å²) in [5.74, 6) is 1.02. The third-order valence-electron chi connectivity index (χ3n) is 4.29. The van der Waals surface area contributed by atoms with Gasteiger partial charge in [0.05, 0.1) is 11.3 Å². The van der Waals surface area contributed by atoms with Gasteiger partial charge in [-0.25, -0.2) is 0 Å². The number of hydrogen-bond donors (Lipinski definition) is 1. The topological polar surface area (TPSA) is 48.5 Å². The van der Waals surface area contributed by atoms with Crippen LogP contribution in [0.2, 0.25) is 0 Å². The molecule has 1 aliphatic carbocycles. The lowest BCUT2D eigenvalue weighted by Crippen LogP contribution is -2.49. The van der Waals surface area contributed by atoms with Gasteiger partial charge < -0.3 is 10.2 Å². The van der Waals surface area contributed by atoms with Gasteiger partial charge in [-0.3, -0.25) is 14.7 Å². The number of hydrogen-bond acceptors (Lipinski definition) is 4. The Morgan fingerprint density at radius 3 is 2.76 bits per heavy atom. The van der Waals surface area contributed by atoms with Gasteiger partial charge in [-0.1, -0.05) is 0 Å². The molecule has 114 valence electrons. The molecule has 1 aromatic heterocycles. The molecule has 0 unspecified atom stereocenters. The van der Waals surface area contributed by atoms with E-state index in [0.29, 0.717) is 5.56 Å². The minimum atomic E-state index is 0.102. The molecule has 0 atom stereocenters. The van der Waals surface area contributed by atoms with Crippen molar-refractivity contribution in [3.05, 3.63) is 24.0 Å².